The van der Waals surface area contributed by atoms with Crippen molar-refractivity contribution >= 4 is 22.4 Å². The number of aromatic nitrogens is 2. The lowest BCUT2D eigenvalue weighted by Crippen LogP contribution is -2.36. The Labute approximate surface area is 125 Å². The number of hydrogen-bond acceptors (Lipinski definition) is 6. The van der Waals surface area contributed by atoms with E-state index in [1.807, 2.05) is 0 Å². The third-order valence-corrected chi connectivity index (χ3v) is 3.59. The van der Waals surface area contributed by atoms with Crippen LogP contribution < -0.4 is 5.32 Å². The quantitative estimate of drug-likeness (QED) is 0.751. The molecule has 1 amide bonds. The van der Waals surface area contributed by atoms with Gasteiger partial charge >= 0.3 is 0 Å². The van der Waals surface area contributed by atoms with E-state index in [9.17, 15) is 4.79 Å². The monoisotopic (exact) mass is 299 g/mol. The zero-order chi connectivity index (χ0) is 15.0. The maximum atomic E-state index is 11.8. The number of carbonyl (C=O) groups excluding carboxylic acids is 1. The molecule has 1 aromatic rings. The molecule has 1 aromatic heterocycles. The summed E-state index contributed by atoms with van der Waals surface area (Å²) < 4.78 is 4.01. The second kappa shape index (κ2) is 8.86. The number of carbonyl (C=O) groups is 1. The Bertz CT molecular complexity index is 407. The van der Waals surface area contributed by atoms with Gasteiger partial charge in [-0.3, -0.25) is 9.69 Å². The van der Waals surface area contributed by atoms with Crippen LogP contribution in [-0.2, 0) is 11.3 Å². The van der Waals surface area contributed by atoms with E-state index in [1.54, 1.807) is 19.0 Å². The molecule has 0 aliphatic carbocycles. The van der Waals surface area contributed by atoms with E-state index in [-0.39, 0.29) is 5.91 Å². The number of anilines is 1. The van der Waals surface area contributed by atoms with Crippen molar-refractivity contribution in [3.63, 3.8) is 0 Å². The van der Waals surface area contributed by atoms with Crippen LogP contribution in [-0.4, -0.2) is 59.0 Å². The summed E-state index contributed by atoms with van der Waals surface area (Å²) in [5, 5.41) is 8.54. The highest BCUT2D eigenvalue weighted by Gasteiger charge is 2.16. The fourth-order valence-corrected chi connectivity index (χ4v) is 2.36. The van der Waals surface area contributed by atoms with Crippen LogP contribution in [0.2, 0.25) is 0 Å². The zero-order valence-corrected chi connectivity index (χ0v) is 13.7. The highest BCUT2D eigenvalue weighted by Crippen LogP contribution is 2.19. The van der Waals surface area contributed by atoms with Gasteiger partial charge in [0.2, 0.25) is 5.91 Å². The van der Waals surface area contributed by atoms with Gasteiger partial charge in [0.05, 0.1) is 6.54 Å². The van der Waals surface area contributed by atoms with Crippen LogP contribution in [0.3, 0.4) is 0 Å². The molecule has 1 rings (SSSR count). The van der Waals surface area contributed by atoms with E-state index in [0.29, 0.717) is 13.1 Å². The Morgan fingerprint density at radius 1 is 1.30 bits per heavy atom. The molecule has 0 spiro atoms. The van der Waals surface area contributed by atoms with Crippen molar-refractivity contribution in [3.8, 4) is 0 Å². The Kier molecular flexibility index (Phi) is 7.46. The summed E-state index contributed by atoms with van der Waals surface area (Å²) >= 11 is 1.38. The number of rotatable bonds is 9. The molecule has 114 valence electrons. The standard InChI is InChI=1S/C13H25N5OS/c1-5-7-14-13-11(15-16-20-13)9-18(8-6-2)10-12(19)17(3)4/h14H,5-10H2,1-4H3. The first-order valence-corrected chi connectivity index (χ1v) is 7.83. The molecule has 0 saturated carbocycles. The fraction of sp³-hybridized carbons (Fsp3) is 0.769. The van der Waals surface area contributed by atoms with Crippen LogP contribution in [0.1, 0.15) is 32.4 Å². The Balaban J connectivity index is 2.65. The van der Waals surface area contributed by atoms with Crippen molar-refractivity contribution < 1.29 is 4.79 Å². The average molecular weight is 299 g/mol. The molecule has 1 N–H and O–H groups in total. The Morgan fingerprint density at radius 2 is 2.05 bits per heavy atom. The van der Waals surface area contributed by atoms with Crippen molar-refractivity contribution in [1.29, 1.82) is 0 Å². The molecular weight excluding hydrogens is 274 g/mol. The largest absolute Gasteiger partial charge is 0.374 e. The van der Waals surface area contributed by atoms with Crippen molar-refractivity contribution in [3.05, 3.63) is 5.69 Å². The number of hydrogen-bond donors (Lipinski definition) is 1. The third-order valence-electron chi connectivity index (χ3n) is 2.86. The van der Waals surface area contributed by atoms with Gasteiger partial charge in [0.25, 0.3) is 0 Å². The van der Waals surface area contributed by atoms with Gasteiger partial charge in [0.15, 0.2) is 0 Å². The van der Waals surface area contributed by atoms with Gasteiger partial charge in [-0.25, -0.2) is 0 Å². The molecule has 0 radical (unpaired) electrons. The highest BCUT2D eigenvalue weighted by molar-refractivity contribution is 7.10. The molecule has 20 heavy (non-hydrogen) atoms. The van der Waals surface area contributed by atoms with Gasteiger partial charge < -0.3 is 10.2 Å². The van der Waals surface area contributed by atoms with Crippen LogP contribution in [0.4, 0.5) is 5.00 Å². The summed E-state index contributed by atoms with van der Waals surface area (Å²) in [4.78, 5) is 15.6. The summed E-state index contributed by atoms with van der Waals surface area (Å²) in [5.41, 5.74) is 0.934. The Morgan fingerprint density at radius 3 is 2.65 bits per heavy atom. The predicted molar refractivity (Wildman–Crippen MR) is 83.0 cm³/mol. The number of likely N-dealkylation sites (N-methyl/N-ethyl adjacent to an activating group) is 1. The molecule has 0 saturated heterocycles. The zero-order valence-electron chi connectivity index (χ0n) is 12.8. The second-order valence-corrected chi connectivity index (χ2v) is 5.73. The molecule has 0 fully saturated rings. The number of nitrogens with zero attached hydrogens (tertiary/aromatic N) is 4. The van der Waals surface area contributed by atoms with Crippen molar-refractivity contribution in [2.45, 2.75) is 33.2 Å². The highest BCUT2D eigenvalue weighted by atomic mass is 32.1. The first-order valence-electron chi connectivity index (χ1n) is 7.06. The van der Waals surface area contributed by atoms with Gasteiger partial charge in [-0.05, 0) is 19.4 Å². The minimum Gasteiger partial charge on any atom is -0.374 e. The smallest absolute Gasteiger partial charge is 0.236 e. The van der Waals surface area contributed by atoms with E-state index in [4.69, 9.17) is 0 Å². The molecule has 0 unspecified atom stereocenters. The summed E-state index contributed by atoms with van der Waals surface area (Å²) in [6.45, 7) is 7.12. The van der Waals surface area contributed by atoms with Crippen LogP contribution in [0.5, 0.6) is 0 Å². The van der Waals surface area contributed by atoms with Crippen molar-refractivity contribution in [2.75, 3.05) is 39.0 Å². The van der Waals surface area contributed by atoms with Gasteiger partial charge in [0.1, 0.15) is 10.7 Å². The summed E-state index contributed by atoms with van der Waals surface area (Å²) in [6.07, 6.45) is 2.07. The lowest BCUT2D eigenvalue weighted by Gasteiger charge is -2.22. The van der Waals surface area contributed by atoms with E-state index in [2.05, 4.69) is 33.7 Å². The molecule has 0 atom stereocenters. The molecule has 0 aliphatic heterocycles. The molecule has 1 heterocycles. The lowest BCUT2D eigenvalue weighted by molar-refractivity contribution is -0.130. The second-order valence-electron chi connectivity index (χ2n) is 4.97. The summed E-state index contributed by atoms with van der Waals surface area (Å²) in [7, 11) is 3.57. The minimum absolute atomic E-state index is 0.115. The number of amides is 1. The summed E-state index contributed by atoms with van der Waals surface area (Å²) in [5.74, 6) is 0.115. The molecule has 0 bridgehead atoms. The van der Waals surface area contributed by atoms with Crippen LogP contribution in [0.25, 0.3) is 0 Å². The first kappa shape index (κ1) is 16.8. The minimum atomic E-state index is 0.115. The van der Waals surface area contributed by atoms with Crippen LogP contribution in [0, 0.1) is 0 Å². The van der Waals surface area contributed by atoms with Crippen molar-refractivity contribution in [2.24, 2.45) is 0 Å². The molecule has 6 nitrogen and oxygen atoms in total. The van der Waals surface area contributed by atoms with Gasteiger partial charge in [-0.15, -0.1) is 5.10 Å². The van der Waals surface area contributed by atoms with E-state index in [1.165, 1.54) is 11.5 Å². The van der Waals surface area contributed by atoms with Crippen molar-refractivity contribution in [1.82, 2.24) is 19.4 Å². The maximum Gasteiger partial charge on any atom is 0.236 e. The lowest BCUT2D eigenvalue weighted by atomic mass is 10.3. The van der Waals surface area contributed by atoms with Gasteiger partial charge in [-0.1, -0.05) is 18.3 Å². The SMILES string of the molecule is CCCNc1snnc1CN(CCC)CC(=O)N(C)C. The van der Waals surface area contributed by atoms with E-state index < -0.39 is 0 Å². The predicted octanol–water partition coefficient (Wildman–Crippen LogP) is 1.66. The normalized spacial score (nSPS) is 10.8. The van der Waals surface area contributed by atoms with E-state index in [0.717, 1.165) is 36.6 Å². The molecular formula is C13H25N5OS. The van der Waals surface area contributed by atoms with Crippen LogP contribution in [0.15, 0.2) is 0 Å². The maximum absolute atomic E-state index is 11.8. The van der Waals surface area contributed by atoms with E-state index >= 15 is 0 Å². The molecule has 7 heteroatoms. The van der Waals surface area contributed by atoms with Gasteiger partial charge in [0, 0.05) is 38.7 Å². The van der Waals surface area contributed by atoms with Gasteiger partial charge in [-0.2, -0.15) is 0 Å². The topological polar surface area (TPSA) is 61.4 Å². The average Bonchev–Trinajstić information content (AvgIpc) is 2.83. The number of nitrogens with one attached hydrogen (secondary N) is 1. The first-order chi connectivity index (χ1) is 9.58. The fourth-order valence-electron chi connectivity index (χ4n) is 1.76. The summed E-state index contributed by atoms with van der Waals surface area (Å²) in [6, 6.07) is 0. The Hall–Kier alpha value is -1.21. The molecule has 0 aliphatic rings. The molecule has 0 aromatic carbocycles. The van der Waals surface area contributed by atoms with Crippen LogP contribution >= 0.6 is 11.5 Å². The third kappa shape index (κ3) is 5.42.